The van der Waals surface area contributed by atoms with Crippen LogP contribution in [-0.2, 0) is 14.8 Å². The van der Waals surface area contributed by atoms with Gasteiger partial charge in [0.1, 0.15) is 10.0 Å². The maximum absolute atomic E-state index is 12.2. The molecule has 1 aromatic rings. The molecule has 2 fully saturated rings. The molecule has 0 bridgehead atoms. The van der Waals surface area contributed by atoms with E-state index >= 15 is 0 Å². The van der Waals surface area contributed by atoms with E-state index in [9.17, 15) is 8.42 Å². The predicted molar refractivity (Wildman–Crippen MR) is 70.4 cm³/mol. The van der Waals surface area contributed by atoms with E-state index in [1.165, 1.54) is 18.3 Å². The molecule has 104 valence electrons. The lowest BCUT2D eigenvalue weighted by atomic mass is 10.1. The molecule has 1 aliphatic carbocycles. The highest BCUT2D eigenvalue weighted by atomic mass is 35.5. The van der Waals surface area contributed by atoms with Gasteiger partial charge in [0.25, 0.3) is 0 Å². The minimum Gasteiger partial charge on any atom is -0.376 e. The average Bonchev–Trinajstić information content (AvgIpc) is 3.11. The van der Waals surface area contributed by atoms with Crippen LogP contribution in [0, 0.1) is 5.92 Å². The Bertz CT molecular complexity index is 557. The fraction of sp³-hybridized carbons (Fsp3) is 0.583. The topological polar surface area (TPSA) is 68.3 Å². The summed E-state index contributed by atoms with van der Waals surface area (Å²) in [7, 11) is -3.55. The van der Waals surface area contributed by atoms with E-state index < -0.39 is 10.0 Å². The van der Waals surface area contributed by atoms with Crippen LogP contribution in [0.1, 0.15) is 19.3 Å². The molecule has 0 radical (unpaired) electrons. The fourth-order valence-electron chi connectivity index (χ4n) is 2.42. The molecule has 19 heavy (non-hydrogen) atoms. The van der Waals surface area contributed by atoms with Crippen molar-refractivity contribution in [1.29, 1.82) is 0 Å². The van der Waals surface area contributed by atoms with Crippen molar-refractivity contribution in [3.63, 3.8) is 0 Å². The zero-order valence-corrected chi connectivity index (χ0v) is 11.8. The summed E-state index contributed by atoms with van der Waals surface area (Å²) in [4.78, 5) is 3.94. The molecular weight excluding hydrogens is 288 g/mol. The number of ether oxygens (including phenoxy) is 1. The normalized spacial score (nSPS) is 27.6. The van der Waals surface area contributed by atoms with Gasteiger partial charge < -0.3 is 4.74 Å². The maximum Gasteiger partial charge on any atom is 0.242 e. The zero-order chi connectivity index (χ0) is 13.5. The van der Waals surface area contributed by atoms with Gasteiger partial charge in [-0.25, -0.2) is 18.1 Å². The van der Waals surface area contributed by atoms with Crippen molar-refractivity contribution in [3.8, 4) is 0 Å². The van der Waals surface area contributed by atoms with Crippen molar-refractivity contribution in [3.05, 3.63) is 23.5 Å². The minimum atomic E-state index is -3.55. The van der Waals surface area contributed by atoms with Crippen LogP contribution in [-0.4, -0.2) is 32.2 Å². The average molecular weight is 303 g/mol. The third kappa shape index (κ3) is 2.91. The van der Waals surface area contributed by atoms with Gasteiger partial charge in [-0.3, -0.25) is 0 Å². The zero-order valence-electron chi connectivity index (χ0n) is 10.3. The molecule has 1 saturated carbocycles. The third-order valence-electron chi connectivity index (χ3n) is 3.54. The smallest absolute Gasteiger partial charge is 0.242 e. The lowest BCUT2D eigenvalue weighted by Crippen LogP contribution is -2.41. The summed E-state index contributed by atoms with van der Waals surface area (Å²) in [6.07, 6.45) is 4.28. The largest absolute Gasteiger partial charge is 0.376 e. The first-order chi connectivity index (χ1) is 9.06. The molecule has 0 amide bonds. The number of nitrogens with zero attached hydrogens (tertiary/aromatic N) is 1. The summed E-state index contributed by atoms with van der Waals surface area (Å²) in [5, 5.41) is 0.277. The van der Waals surface area contributed by atoms with Gasteiger partial charge in [-0.2, -0.15) is 0 Å². The standard InChI is InChI=1S/C12H15ClN2O3S/c13-11-4-3-9(7-14-11)19(16,17)15-10-5-6-18-12(10)8-1-2-8/h3-4,7-8,10,12,15H,1-2,5-6H2. The summed E-state index contributed by atoms with van der Waals surface area (Å²) < 4.78 is 32.8. The van der Waals surface area contributed by atoms with E-state index in [1.807, 2.05) is 0 Å². The van der Waals surface area contributed by atoms with E-state index in [2.05, 4.69) is 9.71 Å². The Hall–Kier alpha value is -0.690. The summed E-state index contributed by atoms with van der Waals surface area (Å²) in [6.45, 7) is 0.618. The lowest BCUT2D eigenvalue weighted by Gasteiger charge is -2.19. The van der Waals surface area contributed by atoms with Crippen molar-refractivity contribution < 1.29 is 13.2 Å². The van der Waals surface area contributed by atoms with Gasteiger partial charge in [-0.15, -0.1) is 0 Å². The molecule has 1 aliphatic heterocycles. The van der Waals surface area contributed by atoms with Crippen LogP contribution in [0.15, 0.2) is 23.2 Å². The Morgan fingerprint density at radius 3 is 2.74 bits per heavy atom. The number of sulfonamides is 1. The molecule has 7 heteroatoms. The highest BCUT2D eigenvalue weighted by Crippen LogP contribution is 2.39. The van der Waals surface area contributed by atoms with Crippen molar-refractivity contribution in [2.24, 2.45) is 5.92 Å². The van der Waals surface area contributed by atoms with E-state index in [-0.39, 0.29) is 22.2 Å². The van der Waals surface area contributed by atoms with Crippen molar-refractivity contribution in [2.75, 3.05) is 6.61 Å². The Kier molecular flexibility index (Phi) is 3.51. The molecule has 1 saturated heterocycles. The van der Waals surface area contributed by atoms with E-state index in [4.69, 9.17) is 16.3 Å². The van der Waals surface area contributed by atoms with Crippen molar-refractivity contribution >= 4 is 21.6 Å². The van der Waals surface area contributed by atoms with Gasteiger partial charge in [0, 0.05) is 12.8 Å². The van der Waals surface area contributed by atoms with Crippen molar-refractivity contribution in [2.45, 2.75) is 36.3 Å². The summed E-state index contributed by atoms with van der Waals surface area (Å²) >= 11 is 5.66. The first kappa shape index (κ1) is 13.3. The molecule has 2 heterocycles. The molecule has 1 N–H and O–H groups in total. The summed E-state index contributed by atoms with van der Waals surface area (Å²) in [6, 6.07) is 2.80. The first-order valence-electron chi connectivity index (χ1n) is 6.32. The molecular formula is C12H15ClN2O3S. The number of nitrogens with one attached hydrogen (secondary N) is 1. The van der Waals surface area contributed by atoms with Crippen LogP contribution in [0.4, 0.5) is 0 Å². The SMILES string of the molecule is O=S(=O)(NC1CCOC1C1CC1)c1ccc(Cl)nc1. The third-order valence-corrected chi connectivity index (χ3v) is 5.24. The second-order valence-corrected chi connectivity index (χ2v) is 7.11. The number of hydrogen-bond acceptors (Lipinski definition) is 4. The number of rotatable bonds is 4. The number of halogens is 1. The summed E-state index contributed by atoms with van der Waals surface area (Å²) in [5.74, 6) is 0.513. The first-order valence-corrected chi connectivity index (χ1v) is 8.18. The number of pyridine rings is 1. The molecule has 5 nitrogen and oxygen atoms in total. The lowest BCUT2D eigenvalue weighted by molar-refractivity contribution is 0.0848. The van der Waals surface area contributed by atoms with Crippen LogP contribution < -0.4 is 4.72 Å². The van der Waals surface area contributed by atoms with Gasteiger partial charge in [-0.1, -0.05) is 11.6 Å². The highest BCUT2D eigenvalue weighted by molar-refractivity contribution is 7.89. The Morgan fingerprint density at radius 1 is 1.32 bits per heavy atom. The van der Waals surface area contributed by atoms with Gasteiger partial charge in [0.2, 0.25) is 10.0 Å². The Morgan fingerprint density at radius 2 is 2.11 bits per heavy atom. The fourth-order valence-corrected chi connectivity index (χ4v) is 3.75. The highest BCUT2D eigenvalue weighted by Gasteiger charge is 2.42. The molecule has 2 aliphatic rings. The Labute approximate surface area is 117 Å². The molecule has 0 aromatic carbocycles. The molecule has 3 rings (SSSR count). The quantitative estimate of drug-likeness (QED) is 0.858. The Balaban J connectivity index is 1.75. The molecule has 2 unspecified atom stereocenters. The van der Waals surface area contributed by atoms with Crippen LogP contribution >= 0.6 is 11.6 Å². The van der Waals surface area contributed by atoms with E-state index in [1.54, 1.807) is 0 Å². The van der Waals surface area contributed by atoms with Gasteiger partial charge in [-0.05, 0) is 37.3 Å². The van der Waals surface area contributed by atoms with Gasteiger partial charge in [0.05, 0.1) is 12.1 Å². The number of aromatic nitrogens is 1. The maximum atomic E-state index is 12.2. The van der Waals surface area contributed by atoms with Crippen LogP contribution in [0.5, 0.6) is 0 Å². The molecule has 1 aromatic heterocycles. The second-order valence-electron chi connectivity index (χ2n) is 5.01. The molecule has 0 spiro atoms. The minimum absolute atomic E-state index is 0.0232. The number of hydrogen-bond donors (Lipinski definition) is 1. The monoisotopic (exact) mass is 302 g/mol. The van der Waals surface area contributed by atoms with Crippen LogP contribution in [0.3, 0.4) is 0 Å². The second kappa shape index (κ2) is 5.01. The van der Waals surface area contributed by atoms with E-state index in [0.717, 1.165) is 19.3 Å². The van der Waals surface area contributed by atoms with Crippen LogP contribution in [0.2, 0.25) is 5.15 Å². The van der Waals surface area contributed by atoms with Gasteiger partial charge >= 0.3 is 0 Å². The predicted octanol–water partition coefficient (Wildman–Crippen LogP) is 1.58. The summed E-state index contributed by atoms with van der Waals surface area (Å²) in [5.41, 5.74) is 0. The van der Waals surface area contributed by atoms with E-state index in [0.29, 0.717) is 12.5 Å². The molecule has 2 atom stereocenters. The van der Waals surface area contributed by atoms with Crippen molar-refractivity contribution in [1.82, 2.24) is 9.71 Å². The van der Waals surface area contributed by atoms with Crippen LogP contribution in [0.25, 0.3) is 0 Å². The van der Waals surface area contributed by atoms with Gasteiger partial charge in [0.15, 0.2) is 0 Å².